The molecule has 8 nitrogen and oxygen atoms in total. The number of rotatable bonds is 8. The van der Waals surface area contributed by atoms with Crippen molar-refractivity contribution in [2.45, 2.75) is 12.5 Å². The third kappa shape index (κ3) is 5.45. The summed E-state index contributed by atoms with van der Waals surface area (Å²) < 4.78 is 5.00. The molecule has 1 unspecified atom stereocenters. The first kappa shape index (κ1) is 22.6. The Morgan fingerprint density at radius 1 is 1.06 bits per heavy atom. The Kier molecular flexibility index (Phi) is 7.45. The molecule has 2 heterocycles. The van der Waals surface area contributed by atoms with Crippen molar-refractivity contribution in [1.82, 2.24) is 20.2 Å². The number of hydrogen-bond donors (Lipinski definition) is 1. The molecule has 3 aromatic rings. The van der Waals surface area contributed by atoms with Crippen molar-refractivity contribution in [3.63, 3.8) is 0 Å². The van der Waals surface area contributed by atoms with E-state index in [2.05, 4.69) is 45.5 Å². The number of nitrogens with zero attached hydrogens (tertiary/aromatic N) is 5. The summed E-state index contributed by atoms with van der Waals surface area (Å²) >= 11 is 0. The van der Waals surface area contributed by atoms with Crippen LogP contribution in [0.4, 0.5) is 5.82 Å². The molecule has 1 saturated heterocycles. The number of nitrogens with one attached hydrogen (secondary N) is 1. The summed E-state index contributed by atoms with van der Waals surface area (Å²) in [4.78, 5) is 26.9. The van der Waals surface area contributed by atoms with E-state index in [4.69, 9.17) is 14.7 Å². The molecule has 170 valence electrons. The lowest BCUT2D eigenvalue weighted by Crippen LogP contribution is -2.47. The van der Waals surface area contributed by atoms with Gasteiger partial charge in [0.2, 0.25) is 5.91 Å². The largest absolute Gasteiger partial charge is 0.383 e. The van der Waals surface area contributed by atoms with E-state index in [9.17, 15) is 10.1 Å². The molecule has 0 aliphatic carbocycles. The second kappa shape index (κ2) is 10.9. The van der Waals surface area contributed by atoms with Crippen LogP contribution in [0.3, 0.4) is 0 Å². The number of piperazine rings is 1. The minimum Gasteiger partial charge on any atom is -0.383 e. The van der Waals surface area contributed by atoms with E-state index < -0.39 is 5.92 Å². The number of ether oxygens (including phenoxy) is 1. The fourth-order valence-electron chi connectivity index (χ4n) is 4.01. The van der Waals surface area contributed by atoms with Crippen LogP contribution in [0.2, 0.25) is 0 Å². The number of benzene rings is 2. The highest BCUT2D eigenvalue weighted by Gasteiger charge is 2.30. The summed E-state index contributed by atoms with van der Waals surface area (Å²) in [6.45, 7) is 4.83. The molecule has 2 aromatic carbocycles. The van der Waals surface area contributed by atoms with Gasteiger partial charge in [0.05, 0.1) is 23.7 Å². The molecular weight excluding hydrogens is 416 g/mol. The summed E-state index contributed by atoms with van der Waals surface area (Å²) in [6, 6.07) is 20.1. The van der Waals surface area contributed by atoms with Gasteiger partial charge in [0.1, 0.15) is 5.69 Å². The molecule has 1 aliphatic rings. The fourth-order valence-corrected chi connectivity index (χ4v) is 4.01. The van der Waals surface area contributed by atoms with Crippen LogP contribution in [0, 0.1) is 11.3 Å². The highest BCUT2D eigenvalue weighted by Crippen LogP contribution is 2.28. The molecule has 33 heavy (non-hydrogen) atoms. The second-order valence-corrected chi connectivity index (χ2v) is 8.02. The van der Waals surface area contributed by atoms with Crippen molar-refractivity contribution in [3.05, 3.63) is 65.9 Å². The molecular formula is C25H28N6O2. The van der Waals surface area contributed by atoms with Gasteiger partial charge in [-0.15, -0.1) is 0 Å². The van der Waals surface area contributed by atoms with Gasteiger partial charge >= 0.3 is 0 Å². The van der Waals surface area contributed by atoms with E-state index in [0.29, 0.717) is 30.2 Å². The van der Waals surface area contributed by atoms with Crippen LogP contribution in [-0.2, 0) is 16.1 Å². The van der Waals surface area contributed by atoms with E-state index >= 15 is 0 Å². The fraction of sp³-hybridized carbons (Fsp3) is 0.360. The number of carbonyl (C=O) groups excluding carboxylic acids is 1. The van der Waals surface area contributed by atoms with E-state index in [1.54, 1.807) is 7.11 Å². The van der Waals surface area contributed by atoms with Crippen LogP contribution in [0.5, 0.6) is 0 Å². The quantitative estimate of drug-likeness (QED) is 0.533. The number of amides is 1. The van der Waals surface area contributed by atoms with Crippen LogP contribution in [0.25, 0.3) is 11.0 Å². The second-order valence-electron chi connectivity index (χ2n) is 8.02. The summed E-state index contributed by atoms with van der Waals surface area (Å²) in [6.07, 6.45) is 0. The van der Waals surface area contributed by atoms with Crippen molar-refractivity contribution in [2.75, 3.05) is 51.3 Å². The first-order valence-electron chi connectivity index (χ1n) is 11.1. The normalized spacial score (nSPS) is 15.2. The SMILES string of the molecule is COCCNC(=O)C(C#N)c1nc2ccccc2nc1N1CCN(Cc2ccccc2)CC1. The maximum atomic E-state index is 12.8. The summed E-state index contributed by atoms with van der Waals surface area (Å²) in [5.74, 6) is -0.819. The van der Waals surface area contributed by atoms with Gasteiger partial charge in [-0.2, -0.15) is 5.26 Å². The number of para-hydroxylation sites is 2. The van der Waals surface area contributed by atoms with Gasteiger partial charge in [-0.05, 0) is 17.7 Å². The zero-order valence-electron chi connectivity index (χ0n) is 18.8. The van der Waals surface area contributed by atoms with Gasteiger partial charge < -0.3 is 15.0 Å². The lowest BCUT2D eigenvalue weighted by atomic mass is 10.0. The Hall–Kier alpha value is -3.54. The van der Waals surface area contributed by atoms with E-state index in [1.807, 2.05) is 30.3 Å². The maximum absolute atomic E-state index is 12.8. The number of fused-ring (bicyclic) bond motifs is 1. The van der Waals surface area contributed by atoms with Gasteiger partial charge in [0, 0.05) is 46.4 Å². The zero-order valence-corrected chi connectivity index (χ0v) is 18.8. The average molecular weight is 445 g/mol. The van der Waals surface area contributed by atoms with Crippen molar-refractivity contribution in [1.29, 1.82) is 5.26 Å². The number of carbonyl (C=O) groups is 1. The highest BCUT2D eigenvalue weighted by atomic mass is 16.5. The minimum atomic E-state index is -1.05. The molecule has 0 radical (unpaired) electrons. The number of methoxy groups -OCH3 is 1. The van der Waals surface area contributed by atoms with Crippen molar-refractivity contribution >= 4 is 22.8 Å². The third-order valence-electron chi connectivity index (χ3n) is 5.77. The Bertz CT molecular complexity index is 1120. The Morgan fingerprint density at radius 2 is 1.73 bits per heavy atom. The number of hydrogen-bond acceptors (Lipinski definition) is 7. The van der Waals surface area contributed by atoms with E-state index in [0.717, 1.165) is 38.2 Å². The molecule has 1 aromatic heterocycles. The first-order valence-corrected chi connectivity index (χ1v) is 11.1. The summed E-state index contributed by atoms with van der Waals surface area (Å²) in [5.41, 5.74) is 3.11. The Labute approximate surface area is 193 Å². The van der Waals surface area contributed by atoms with Gasteiger partial charge in [0.25, 0.3) is 0 Å². The van der Waals surface area contributed by atoms with Gasteiger partial charge in [0.15, 0.2) is 11.7 Å². The first-order chi connectivity index (χ1) is 16.2. The lowest BCUT2D eigenvalue weighted by Gasteiger charge is -2.36. The zero-order chi connectivity index (χ0) is 23.0. The van der Waals surface area contributed by atoms with Crippen LogP contribution >= 0.6 is 0 Å². The van der Waals surface area contributed by atoms with Crippen LogP contribution < -0.4 is 10.2 Å². The molecule has 1 fully saturated rings. The minimum absolute atomic E-state index is 0.335. The van der Waals surface area contributed by atoms with Gasteiger partial charge in [-0.3, -0.25) is 9.69 Å². The van der Waals surface area contributed by atoms with Crippen LogP contribution in [0.15, 0.2) is 54.6 Å². The van der Waals surface area contributed by atoms with E-state index in [1.165, 1.54) is 5.56 Å². The van der Waals surface area contributed by atoms with Gasteiger partial charge in [-0.25, -0.2) is 9.97 Å². The Morgan fingerprint density at radius 3 is 2.39 bits per heavy atom. The van der Waals surface area contributed by atoms with Crippen molar-refractivity contribution in [3.8, 4) is 6.07 Å². The van der Waals surface area contributed by atoms with Crippen LogP contribution in [-0.4, -0.2) is 67.2 Å². The average Bonchev–Trinajstić information content (AvgIpc) is 2.85. The summed E-state index contributed by atoms with van der Waals surface area (Å²) in [5, 5.41) is 12.6. The molecule has 8 heteroatoms. The van der Waals surface area contributed by atoms with E-state index in [-0.39, 0.29) is 5.91 Å². The number of anilines is 1. The molecule has 4 rings (SSSR count). The predicted molar refractivity (Wildman–Crippen MR) is 127 cm³/mol. The van der Waals surface area contributed by atoms with Crippen molar-refractivity contribution in [2.24, 2.45) is 0 Å². The molecule has 1 aliphatic heterocycles. The molecule has 1 atom stereocenters. The molecule has 1 N–H and O–H groups in total. The topological polar surface area (TPSA) is 94.4 Å². The number of nitriles is 1. The van der Waals surface area contributed by atoms with Gasteiger partial charge in [-0.1, -0.05) is 42.5 Å². The Balaban J connectivity index is 1.57. The molecule has 1 amide bonds. The highest BCUT2D eigenvalue weighted by molar-refractivity contribution is 5.88. The number of aromatic nitrogens is 2. The standard InChI is InChI=1S/C25H28N6O2/c1-33-16-11-27-25(32)20(17-26)23-24(29-22-10-6-5-9-21(22)28-23)31-14-12-30(13-15-31)18-19-7-3-2-4-8-19/h2-10,20H,11-16,18H2,1H3,(H,27,32). The molecule has 0 bridgehead atoms. The van der Waals surface area contributed by atoms with Crippen molar-refractivity contribution < 1.29 is 9.53 Å². The monoisotopic (exact) mass is 444 g/mol. The molecule has 0 saturated carbocycles. The maximum Gasteiger partial charge on any atom is 0.243 e. The smallest absolute Gasteiger partial charge is 0.243 e. The predicted octanol–water partition coefficient (Wildman–Crippen LogP) is 2.32. The molecule has 0 spiro atoms. The third-order valence-corrected chi connectivity index (χ3v) is 5.77. The summed E-state index contributed by atoms with van der Waals surface area (Å²) in [7, 11) is 1.57. The van der Waals surface area contributed by atoms with Crippen LogP contribution in [0.1, 0.15) is 17.2 Å². The lowest BCUT2D eigenvalue weighted by molar-refractivity contribution is -0.121.